The Morgan fingerprint density at radius 3 is 2.67 bits per heavy atom. The molecule has 8 nitrogen and oxygen atoms in total. The molecular formula is C11H12N4O4S2. The summed E-state index contributed by atoms with van der Waals surface area (Å²) >= 11 is 0.730. The van der Waals surface area contributed by atoms with E-state index in [-0.39, 0.29) is 22.0 Å². The lowest BCUT2D eigenvalue weighted by atomic mass is 10.2. The van der Waals surface area contributed by atoms with Gasteiger partial charge in [0.15, 0.2) is 0 Å². The van der Waals surface area contributed by atoms with Crippen LogP contribution in [0.5, 0.6) is 0 Å². The summed E-state index contributed by atoms with van der Waals surface area (Å²) in [5.74, 6) is -0.358. The first kappa shape index (κ1) is 15.5. The Morgan fingerprint density at radius 1 is 1.29 bits per heavy atom. The van der Waals surface area contributed by atoms with Crippen LogP contribution in [0.15, 0.2) is 34.7 Å². The number of hydrogen-bond donors (Lipinski definition) is 2. The van der Waals surface area contributed by atoms with Crippen molar-refractivity contribution in [1.82, 2.24) is 15.1 Å². The second-order valence-electron chi connectivity index (χ2n) is 3.92. The molecule has 112 valence electrons. The number of hydrogen-bond acceptors (Lipinski definition) is 7. The van der Waals surface area contributed by atoms with Crippen molar-refractivity contribution in [1.29, 1.82) is 0 Å². The highest BCUT2D eigenvalue weighted by molar-refractivity contribution is 7.91. The maximum Gasteiger partial charge on any atom is 0.291 e. The molecule has 2 rings (SSSR count). The number of benzene rings is 1. The fourth-order valence-corrected chi connectivity index (χ4v) is 3.05. The van der Waals surface area contributed by atoms with Gasteiger partial charge in [-0.1, -0.05) is 46.6 Å². The number of sulfonamides is 1. The molecule has 0 fully saturated rings. The molecule has 0 saturated heterocycles. The zero-order valence-electron chi connectivity index (χ0n) is 10.9. The second-order valence-corrected chi connectivity index (χ2v) is 6.71. The Morgan fingerprint density at radius 2 is 2.00 bits per heavy atom. The SMILES string of the molecule is CC(=O)Nc1nnc(S(=O)(=O)NOCc2ccccc2)s1. The molecule has 0 aliphatic rings. The zero-order chi connectivity index (χ0) is 15.3. The van der Waals surface area contributed by atoms with Crippen molar-refractivity contribution < 1.29 is 18.0 Å². The standard InChI is InChI=1S/C11H12N4O4S2/c1-8(16)12-10-13-14-11(20-10)21(17,18)15-19-7-9-5-3-2-4-6-9/h2-6,15H,7H2,1H3,(H,12,13,16). The van der Waals surface area contributed by atoms with Gasteiger partial charge in [-0.3, -0.25) is 9.63 Å². The fraction of sp³-hybridized carbons (Fsp3) is 0.182. The maximum atomic E-state index is 11.9. The van der Waals surface area contributed by atoms with Gasteiger partial charge >= 0.3 is 0 Å². The number of carbonyl (C=O) groups excluding carboxylic acids is 1. The molecule has 2 N–H and O–H groups in total. The maximum absolute atomic E-state index is 11.9. The average Bonchev–Trinajstić information content (AvgIpc) is 2.88. The molecule has 2 aromatic rings. The van der Waals surface area contributed by atoms with Crippen LogP contribution < -0.4 is 10.2 Å². The minimum absolute atomic E-state index is 0.0808. The van der Waals surface area contributed by atoms with Crippen molar-refractivity contribution in [3.05, 3.63) is 35.9 Å². The van der Waals surface area contributed by atoms with Gasteiger partial charge in [0.2, 0.25) is 11.0 Å². The van der Waals surface area contributed by atoms with Gasteiger partial charge in [0.05, 0.1) is 6.61 Å². The predicted molar refractivity (Wildman–Crippen MR) is 75.8 cm³/mol. The summed E-state index contributed by atoms with van der Waals surface area (Å²) in [5, 5.41) is 9.50. The Balaban J connectivity index is 1.95. The number of nitrogens with one attached hydrogen (secondary N) is 2. The number of amides is 1. The molecule has 0 bridgehead atoms. The van der Waals surface area contributed by atoms with E-state index in [9.17, 15) is 13.2 Å². The molecule has 0 aliphatic carbocycles. The monoisotopic (exact) mass is 328 g/mol. The zero-order valence-corrected chi connectivity index (χ0v) is 12.6. The van der Waals surface area contributed by atoms with Crippen LogP contribution in [0.2, 0.25) is 0 Å². The summed E-state index contributed by atoms with van der Waals surface area (Å²) in [5.41, 5.74) is 0.816. The Bertz CT molecular complexity index is 715. The first-order valence-electron chi connectivity index (χ1n) is 5.76. The fourth-order valence-electron chi connectivity index (χ4n) is 1.32. The normalized spacial score (nSPS) is 11.3. The largest absolute Gasteiger partial charge is 0.301 e. The van der Waals surface area contributed by atoms with Gasteiger partial charge in [-0.2, -0.15) is 0 Å². The van der Waals surface area contributed by atoms with Crippen LogP contribution in [0.3, 0.4) is 0 Å². The molecular weight excluding hydrogens is 316 g/mol. The van der Waals surface area contributed by atoms with Crippen molar-refractivity contribution in [3.8, 4) is 0 Å². The lowest BCUT2D eigenvalue weighted by molar-refractivity contribution is -0.114. The van der Waals surface area contributed by atoms with Crippen LogP contribution in [0.4, 0.5) is 5.13 Å². The second kappa shape index (κ2) is 6.72. The van der Waals surface area contributed by atoms with Crippen molar-refractivity contribution in [2.24, 2.45) is 0 Å². The van der Waals surface area contributed by atoms with Crippen LogP contribution >= 0.6 is 11.3 Å². The van der Waals surface area contributed by atoms with Crippen molar-refractivity contribution in [3.63, 3.8) is 0 Å². The molecule has 1 heterocycles. The summed E-state index contributed by atoms with van der Waals surface area (Å²) < 4.78 is 23.5. The number of nitrogens with zero attached hydrogens (tertiary/aromatic N) is 2. The van der Waals surface area contributed by atoms with E-state index in [0.717, 1.165) is 16.9 Å². The first-order valence-corrected chi connectivity index (χ1v) is 8.06. The molecule has 10 heteroatoms. The van der Waals surface area contributed by atoms with Crippen LogP contribution in [0, 0.1) is 0 Å². The van der Waals surface area contributed by atoms with Crippen LogP contribution in [-0.4, -0.2) is 24.5 Å². The molecule has 1 amide bonds. The number of aromatic nitrogens is 2. The average molecular weight is 328 g/mol. The van der Waals surface area contributed by atoms with Gasteiger partial charge in [0.25, 0.3) is 14.4 Å². The van der Waals surface area contributed by atoms with Crippen molar-refractivity contribution in [2.75, 3.05) is 5.32 Å². The van der Waals surface area contributed by atoms with Crippen LogP contribution in [-0.2, 0) is 26.3 Å². The van der Waals surface area contributed by atoms with E-state index in [4.69, 9.17) is 4.84 Å². The lowest BCUT2D eigenvalue weighted by Gasteiger charge is -2.04. The topological polar surface area (TPSA) is 110 Å². The lowest BCUT2D eigenvalue weighted by Crippen LogP contribution is -2.23. The van der Waals surface area contributed by atoms with Crippen molar-refractivity contribution in [2.45, 2.75) is 17.9 Å². The van der Waals surface area contributed by atoms with Gasteiger partial charge < -0.3 is 5.32 Å². The van der Waals surface area contributed by atoms with E-state index < -0.39 is 10.0 Å². The summed E-state index contributed by atoms with van der Waals surface area (Å²) in [4.78, 5) is 17.7. The summed E-state index contributed by atoms with van der Waals surface area (Å²) in [6.45, 7) is 1.37. The first-order chi connectivity index (χ1) is 9.97. The molecule has 1 aromatic carbocycles. The predicted octanol–water partition coefficient (Wildman–Crippen LogP) is 0.907. The molecule has 0 saturated carbocycles. The Labute approximate surface area is 125 Å². The third-order valence-electron chi connectivity index (χ3n) is 2.17. The number of rotatable bonds is 6. The summed E-state index contributed by atoms with van der Waals surface area (Å²) in [7, 11) is -3.92. The van der Waals surface area contributed by atoms with Gasteiger partial charge in [0, 0.05) is 6.92 Å². The molecule has 0 radical (unpaired) electrons. The highest BCUT2D eigenvalue weighted by Gasteiger charge is 2.20. The quantitative estimate of drug-likeness (QED) is 0.602. The molecule has 1 aromatic heterocycles. The number of anilines is 1. The highest BCUT2D eigenvalue weighted by Crippen LogP contribution is 2.19. The van der Waals surface area contributed by atoms with E-state index in [1.807, 2.05) is 23.1 Å². The van der Waals surface area contributed by atoms with Crippen LogP contribution in [0.1, 0.15) is 12.5 Å². The van der Waals surface area contributed by atoms with Gasteiger partial charge in [-0.25, -0.2) is 8.42 Å². The van der Waals surface area contributed by atoms with Gasteiger partial charge in [-0.15, -0.1) is 10.2 Å². The molecule has 0 spiro atoms. The third-order valence-corrected chi connectivity index (χ3v) is 4.59. The van der Waals surface area contributed by atoms with Gasteiger partial charge in [-0.05, 0) is 5.56 Å². The van der Waals surface area contributed by atoms with E-state index in [0.29, 0.717) is 0 Å². The van der Waals surface area contributed by atoms with E-state index in [1.165, 1.54) is 6.92 Å². The molecule has 0 aliphatic heterocycles. The number of carbonyl (C=O) groups is 1. The molecule has 0 unspecified atom stereocenters. The minimum Gasteiger partial charge on any atom is -0.301 e. The minimum atomic E-state index is -3.92. The highest BCUT2D eigenvalue weighted by atomic mass is 32.2. The summed E-state index contributed by atoms with van der Waals surface area (Å²) in [6, 6.07) is 9.08. The molecule has 0 atom stereocenters. The van der Waals surface area contributed by atoms with Crippen molar-refractivity contribution >= 4 is 32.4 Å². The summed E-state index contributed by atoms with van der Waals surface area (Å²) in [6.07, 6.45) is 0. The third kappa shape index (κ3) is 4.56. The Hall–Kier alpha value is -1.88. The molecule has 21 heavy (non-hydrogen) atoms. The van der Waals surface area contributed by atoms with Gasteiger partial charge in [0.1, 0.15) is 0 Å². The van der Waals surface area contributed by atoms with E-state index in [2.05, 4.69) is 15.5 Å². The van der Waals surface area contributed by atoms with E-state index >= 15 is 0 Å². The Kier molecular flexibility index (Phi) is 4.96. The smallest absolute Gasteiger partial charge is 0.291 e. The van der Waals surface area contributed by atoms with Crippen LogP contribution in [0.25, 0.3) is 0 Å². The van der Waals surface area contributed by atoms with E-state index in [1.54, 1.807) is 12.1 Å².